The van der Waals surface area contributed by atoms with Crippen LogP contribution in [0, 0.1) is 0 Å². The Morgan fingerprint density at radius 3 is 3.00 bits per heavy atom. The Morgan fingerprint density at radius 1 is 1.55 bits per heavy atom. The highest BCUT2D eigenvalue weighted by molar-refractivity contribution is 7.09. The number of hydrogen-bond donors (Lipinski definition) is 2. The van der Waals surface area contributed by atoms with E-state index in [9.17, 15) is 14.7 Å². The van der Waals surface area contributed by atoms with Crippen LogP contribution in [-0.2, 0) is 16.0 Å². The molecule has 1 aliphatic heterocycles. The molecule has 1 amide bonds. The second-order valence-electron chi connectivity index (χ2n) is 5.28. The number of carboxylic acid groups (broad SMARTS) is 1. The summed E-state index contributed by atoms with van der Waals surface area (Å²) in [5, 5.41) is 14.2. The zero-order valence-electron chi connectivity index (χ0n) is 11.6. The van der Waals surface area contributed by atoms with Crippen LogP contribution < -0.4 is 5.32 Å². The minimum absolute atomic E-state index is 0.101. The summed E-state index contributed by atoms with van der Waals surface area (Å²) in [6.07, 6.45) is 2.25. The third kappa shape index (κ3) is 3.37. The monoisotopic (exact) mass is 296 g/mol. The summed E-state index contributed by atoms with van der Waals surface area (Å²) in [4.78, 5) is 26.2. The Kier molecular flexibility index (Phi) is 4.77. The highest BCUT2D eigenvalue weighted by atomic mass is 32.1. The van der Waals surface area contributed by atoms with E-state index in [-0.39, 0.29) is 12.5 Å². The molecule has 1 aromatic heterocycles. The molecule has 1 saturated heterocycles. The molecule has 0 radical (unpaired) electrons. The van der Waals surface area contributed by atoms with Crippen molar-refractivity contribution in [2.45, 2.75) is 31.7 Å². The van der Waals surface area contributed by atoms with E-state index in [0.717, 1.165) is 12.8 Å². The highest BCUT2D eigenvalue weighted by Crippen LogP contribution is 2.28. The molecular weight excluding hydrogens is 276 g/mol. The Morgan fingerprint density at radius 2 is 2.35 bits per heavy atom. The largest absolute Gasteiger partial charge is 0.480 e. The summed E-state index contributed by atoms with van der Waals surface area (Å²) in [7, 11) is 0. The average molecular weight is 296 g/mol. The van der Waals surface area contributed by atoms with Gasteiger partial charge in [0.25, 0.3) is 0 Å². The fraction of sp³-hybridized carbons (Fsp3) is 0.571. The normalized spacial score (nSPS) is 22.9. The second kappa shape index (κ2) is 6.37. The van der Waals surface area contributed by atoms with Gasteiger partial charge in [0.2, 0.25) is 5.91 Å². The van der Waals surface area contributed by atoms with Crippen LogP contribution in [0.15, 0.2) is 17.5 Å². The van der Waals surface area contributed by atoms with Crippen LogP contribution in [0.1, 0.15) is 24.6 Å². The lowest BCUT2D eigenvalue weighted by atomic mass is 9.99. The molecule has 2 rings (SSSR count). The molecule has 2 N–H and O–H groups in total. The van der Waals surface area contributed by atoms with Crippen LogP contribution in [0.25, 0.3) is 0 Å². The number of carbonyl (C=O) groups is 2. The standard InChI is InChI=1S/C14H20N2O3S/c1-14(13(18)19)6-3-8-16(14)10-12(17)15-7-5-11-4-2-9-20-11/h2,4,9H,3,5-8,10H2,1H3,(H,15,17)(H,18,19). The first-order valence-electron chi connectivity index (χ1n) is 6.80. The number of rotatable bonds is 6. The zero-order chi connectivity index (χ0) is 14.6. The number of nitrogens with zero attached hydrogens (tertiary/aromatic N) is 1. The van der Waals surface area contributed by atoms with Gasteiger partial charge < -0.3 is 10.4 Å². The summed E-state index contributed by atoms with van der Waals surface area (Å²) >= 11 is 1.67. The summed E-state index contributed by atoms with van der Waals surface area (Å²) < 4.78 is 0. The summed E-state index contributed by atoms with van der Waals surface area (Å²) in [5.41, 5.74) is -0.898. The molecule has 1 aliphatic rings. The van der Waals surface area contributed by atoms with E-state index < -0.39 is 11.5 Å². The minimum atomic E-state index is -0.898. The summed E-state index contributed by atoms with van der Waals surface area (Å²) in [6.45, 7) is 3.12. The van der Waals surface area contributed by atoms with Gasteiger partial charge in [-0.05, 0) is 44.2 Å². The van der Waals surface area contributed by atoms with E-state index in [1.165, 1.54) is 4.88 Å². The molecule has 0 bridgehead atoms. The van der Waals surface area contributed by atoms with Crippen molar-refractivity contribution in [3.05, 3.63) is 22.4 Å². The minimum Gasteiger partial charge on any atom is -0.480 e. The fourth-order valence-electron chi connectivity index (χ4n) is 2.52. The molecule has 6 heteroatoms. The van der Waals surface area contributed by atoms with Crippen molar-refractivity contribution >= 4 is 23.2 Å². The van der Waals surface area contributed by atoms with Crippen LogP contribution in [0.3, 0.4) is 0 Å². The van der Waals surface area contributed by atoms with Gasteiger partial charge in [0.1, 0.15) is 5.54 Å². The molecule has 20 heavy (non-hydrogen) atoms. The molecule has 2 heterocycles. The molecule has 0 aliphatic carbocycles. The maximum absolute atomic E-state index is 11.9. The topological polar surface area (TPSA) is 69.6 Å². The van der Waals surface area contributed by atoms with Gasteiger partial charge in [-0.3, -0.25) is 14.5 Å². The first-order valence-corrected chi connectivity index (χ1v) is 7.68. The van der Waals surface area contributed by atoms with E-state index in [4.69, 9.17) is 0 Å². The number of carbonyl (C=O) groups excluding carboxylic acids is 1. The Labute approximate surface area is 122 Å². The highest BCUT2D eigenvalue weighted by Gasteiger charge is 2.43. The van der Waals surface area contributed by atoms with Crippen molar-refractivity contribution in [2.24, 2.45) is 0 Å². The van der Waals surface area contributed by atoms with Gasteiger partial charge in [-0.2, -0.15) is 0 Å². The van der Waals surface area contributed by atoms with Gasteiger partial charge in [0.05, 0.1) is 6.54 Å². The van der Waals surface area contributed by atoms with Gasteiger partial charge in [-0.1, -0.05) is 6.07 Å². The predicted octanol–water partition coefficient (Wildman–Crippen LogP) is 1.35. The molecule has 1 aromatic rings. The number of thiophene rings is 1. The van der Waals surface area contributed by atoms with Crippen LogP contribution in [0.4, 0.5) is 0 Å². The van der Waals surface area contributed by atoms with Crippen molar-refractivity contribution in [1.82, 2.24) is 10.2 Å². The van der Waals surface area contributed by atoms with E-state index in [1.54, 1.807) is 23.2 Å². The number of nitrogens with one attached hydrogen (secondary N) is 1. The molecule has 1 unspecified atom stereocenters. The molecule has 0 saturated carbocycles. The van der Waals surface area contributed by atoms with Gasteiger partial charge in [0, 0.05) is 11.4 Å². The van der Waals surface area contributed by atoms with Crippen molar-refractivity contribution < 1.29 is 14.7 Å². The summed E-state index contributed by atoms with van der Waals surface area (Å²) in [6, 6.07) is 4.03. The van der Waals surface area contributed by atoms with Gasteiger partial charge >= 0.3 is 5.97 Å². The molecule has 1 atom stereocenters. The maximum Gasteiger partial charge on any atom is 0.323 e. The van der Waals surface area contributed by atoms with Gasteiger partial charge in [-0.15, -0.1) is 11.3 Å². The van der Waals surface area contributed by atoms with Crippen LogP contribution in [0.5, 0.6) is 0 Å². The molecule has 1 fully saturated rings. The smallest absolute Gasteiger partial charge is 0.323 e. The SMILES string of the molecule is CC1(C(=O)O)CCCN1CC(=O)NCCc1cccs1. The average Bonchev–Trinajstić information content (AvgIpc) is 3.01. The van der Waals surface area contributed by atoms with Crippen LogP contribution >= 0.6 is 11.3 Å². The first kappa shape index (κ1) is 15.0. The van der Waals surface area contributed by atoms with E-state index in [0.29, 0.717) is 19.5 Å². The maximum atomic E-state index is 11.9. The van der Waals surface area contributed by atoms with Crippen LogP contribution in [-0.4, -0.2) is 47.1 Å². The number of carboxylic acids is 1. The van der Waals surface area contributed by atoms with Gasteiger partial charge in [0.15, 0.2) is 0 Å². The van der Waals surface area contributed by atoms with E-state index in [2.05, 4.69) is 5.32 Å². The zero-order valence-corrected chi connectivity index (χ0v) is 12.4. The molecule has 110 valence electrons. The molecule has 0 aromatic carbocycles. The number of hydrogen-bond acceptors (Lipinski definition) is 4. The molecular formula is C14H20N2O3S. The predicted molar refractivity (Wildman–Crippen MR) is 77.9 cm³/mol. The van der Waals surface area contributed by atoms with Crippen molar-refractivity contribution in [3.8, 4) is 0 Å². The first-order chi connectivity index (χ1) is 9.52. The number of likely N-dealkylation sites (tertiary alicyclic amines) is 1. The molecule has 0 spiro atoms. The van der Waals surface area contributed by atoms with Crippen molar-refractivity contribution in [3.63, 3.8) is 0 Å². The second-order valence-corrected chi connectivity index (χ2v) is 6.32. The lowest BCUT2D eigenvalue weighted by Crippen LogP contribution is -2.51. The van der Waals surface area contributed by atoms with E-state index >= 15 is 0 Å². The number of amides is 1. The third-order valence-electron chi connectivity index (χ3n) is 3.86. The third-order valence-corrected chi connectivity index (χ3v) is 4.79. The lowest BCUT2D eigenvalue weighted by Gasteiger charge is -2.30. The fourth-order valence-corrected chi connectivity index (χ4v) is 3.23. The number of aliphatic carboxylic acids is 1. The Hall–Kier alpha value is -1.40. The molecule has 5 nitrogen and oxygen atoms in total. The van der Waals surface area contributed by atoms with Crippen molar-refractivity contribution in [2.75, 3.05) is 19.6 Å². The Balaban J connectivity index is 1.78. The quantitative estimate of drug-likeness (QED) is 0.831. The van der Waals surface area contributed by atoms with Crippen molar-refractivity contribution in [1.29, 1.82) is 0 Å². The van der Waals surface area contributed by atoms with Crippen LogP contribution in [0.2, 0.25) is 0 Å². The lowest BCUT2D eigenvalue weighted by molar-refractivity contribution is -0.149. The van der Waals surface area contributed by atoms with Gasteiger partial charge in [-0.25, -0.2) is 0 Å². The van der Waals surface area contributed by atoms with E-state index in [1.807, 2.05) is 17.5 Å². The Bertz CT molecular complexity index is 475. The summed E-state index contributed by atoms with van der Waals surface area (Å²) in [5.74, 6) is -0.947.